The summed E-state index contributed by atoms with van der Waals surface area (Å²) >= 11 is 0. The van der Waals surface area contributed by atoms with Crippen LogP contribution in [0.5, 0.6) is 5.75 Å². The van der Waals surface area contributed by atoms with Crippen molar-refractivity contribution in [3.8, 4) is 5.75 Å². The molecule has 0 bridgehead atoms. The molecule has 0 saturated carbocycles. The average molecular weight is 402 g/mol. The largest absolute Gasteiger partial charge is 0.423 e. The van der Waals surface area contributed by atoms with Gasteiger partial charge in [0.25, 0.3) is 0 Å². The van der Waals surface area contributed by atoms with Crippen LogP contribution in [0.3, 0.4) is 0 Å². The Bertz CT molecular complexity index is 858. The third-order valence-corrected chi connectivity index (χ3v) is 5.94. The highest BCUT2D eigenvalue weighted by Crippen LogP contribution is 2.58. The molecule has 150 valence electrons. The first-order chi connectivity index (χ1) is 13.2. The number of ether oxygens (including phenoxy) is 1. The predicted octanol–water partition coefficient (Wildman–Crippen LogP) is 5.98. The molecule has 0 N–H and O–H groups in total. The minimum absolute atomic E-state index is 0.131. The van der Waals surface area contributed by atoms with Gasteiger partial charge in [0.2, 0.25) is 0 Å². The first-order valence-electron chi connectivity index (χ1n) is 9.23. The summed E-state index contributed by atoms with van der Waals surface area (Å²) in [6, 6.07) is 16.1. The Hall–Kier alpha value is -2.20. The molecule has 6 heteroatoms. The normalized spacial score (nSPS) is 12.5. The van der Waals surface area contributed by atoms with Crippen LogP contribution in [0.4, 0.5) is 0 Å². The second-order valence-corrected chi connectivity index (χ2v) is 8.79. The lowest BCUT2D eigenvalue weighted by Gasteiger charge is -2.24. The highest BCUT2D eigenvalue weighted by molar-refractivity contribution is 7.60. The van der Waals surface area contributed by atoms with Crippen molar-refractivity contribution in [3.05, 3.63) is 71.0 Å². The molecule has 0 saturated heterocycles. The summed E-state index contributed by atoms with van der Waals surface area (Å²) in [6.45, 7) is 8.87. The van der Waals surface area contributed by atoms with Crippen molar-refractivity contribution in [2.24, 2.45) is 0 Å². The van der Waals surface area contributed by atoms with E-state index in [2.05, 4.69) is 0 Å². The molecule has 0 aromatic heterocycles. The molecule has 0 atom stereocenters. The van der Waals surface area contributed by atoms with Crippen LogP contribution in [0.25, 0.3) is 6.08 Å². The minimum atomic E-state index is -3.93. The van der Waals surface area contributed by atoms with Crippen molar-refractivity contribution in [1.29, 1.82) is 0 Å². The van der Waals surface area contributed by atoms with Gasteiger partial charge in [-0.05, 0) is 64.0 Å². The third kappa shape index (κ3) is 6.16. The van der Waals surface area contributed by atoms with Gasteiger partial charge in [0.1, 0.15) is 11.1 Å². The lowest BCUT2D eigenvalue weighted by molar-refractivity contribution is -0.129. The maximum Gasteiger partial charge on any atom is 0.369 e. The molecule has 0 aliphatic rings. The maximum atomic E-state index is 13.7. The minimum Gasteiger partial charge on any atom is -0.423 e. The van der Waals surface area contributed by atoms with Gasteiger partial charge < -0.3 is 13.8 Å². The monoisotopic (exact) mass is 402 g/mol. The summed E-state index contributed by atoms with van der Waals surface area (Å²) in [4.78, 5) is 13.0. The van der Waals surface area contributed by atoms with Gasteiger partial charge in [-0.25, -0.2) is 4.79 Å². The second-order valence-electron chi connectivity index (χ2n) is 6.89. The molecule has 0 aliphatic carbocycles. The van der Waals surface area contributed by atoms with Crippen LogP contribution in [0.15, 0.2) is 59.9 Å². The maximum absolute atomic E-state index is 13.7. The van der Waals surface area contributed by atoms with E-state index >= 15 is 0 Å². The zero-order valence-corrected chi connectivity index (χ0v) is 17.8. The van der Waals surface area contributed by atoms with E-state index in [9.17, 15) is 9.36 Å². The van der Waals surface area contributed by atoms with Gasteiger partial charge in [-0.15, -0.1) is 0 Å². The molecule has 0 amide bonds. The van der Waals surface area contributed by atoms with Gasteiger partial charge in [-0.1, -0.05) is 42.5 Å². The molecule has 2 rings (SSSR count). The van der Waals surface area contributed by atoms with E-state index in [1.165, 1.54) is 6.08 Å². The Morgan fingerprint density at radius 1 is 0.893 bits per heavy atom. The summed E-state index contributed by atoms with van der Waals surface area (Å²) in [5, 5.41) is -0.131. The fourth-order valence-electron chi connectivity index (χ4n) is 2.49. The van der Waals surface area contributed by atoms with E-state index in [1.807, 2.05) is 37.3 Å². The Labute approximate surface area is 166 Å². The van der Waals surface area contributed by atoms with Crippen molar-refractivity contribution >= 4 is 19.6 Å². The molecule has 0 heterocycles. The lowest BCUT2D eigenvalue weighted by atomic mass is 10.1. The number of para-hydroxylation sites is 1. The fourth-order valence-corrected chi connectivity index (χ4v) is 4.44. The van der Waals surface area contributed by atoms with Crippen molar-refractivity contribution in [3.63, 3.8) is 0 Å². The average Bonchev–Trinajstić information content (AvgIpc) is 2.60. The van der Waals surface area contributed by atoms with Gasteiger partial charge in [-0.3, -0.25) is 4.57 Å². The predicted molar refractivity (Wildman–Crippen MR) is 111 cm³/mol. The van der Waals surface area contributed by atoms with Crippen molar-refractivity contribution in [1.82, 2.24) is 0 Å². The summed E-state index contributed by atoms with van der Waals surface area (Å²) in [5.74, 6) is -0.414. The van der Waals surface area contributed by atoms with Crippen molar-refractivity contribution in [2.45, 2.75) is 46.8 Å². The third-order valence-electron chi connectivity index (χ3n) is 3.64. The first-order valence-corrected chi connectivity index (χ1v) is 10.8. The summed E-state index contributed by atoms with van der Waals surface area (Å²) in [7, 11) is -3.93. The second kappa shape index (κ2) is 9.83. The molecule has 5 nitrogen and oxygen atoms in total. The summed E-state index contributed by atoms with van der Waals surface area (Å²) in [6.07, 6.45) is 0.718. The first kappa shape index (κ1) is 22.1. The standard InChI is InChI=1S/C22H27O5P/c1-16(2)26-28(24,27-17(3)4)21(15-19-12-10-9-11-18(19)5)22(23)25-20-13-7-6-8-14-20/h6-17H,1-5H3/b21-15+. The van der Waals surface area contributed by atoms with Crippen LogP contribution in [0.1, 0.15) is 38.8 Å². The van der Waals surface area contributed by atoms with Crippen LogP contribution in [-0.2, 0) is 18.4 Å². The van der Waals surface area contributed by atoms with Crippen molar-refractivity contribution < 1.29 is 23.1 Å². The van der Waals surface area contributed by atoms with Gasteiger partial charge in [0, 0.05) is 0 Å². The number of benzene rings is 2. The van der Waals surface area contributed by atoms with E-state index < -0.39 is 25.8 Å². The molecular formula is C22H27O5P. The zero-order valence-electron chi connectivity index (χ0n) is 16.9. The SMILES string of the molecule is Cc1ccccc1/C=C(\C(=O)Oc1ccccc1)P(=O)(OC(C)C)OC(C)C. The van der Waals surface area contributed by atoms with Gasteiger partial charge in [-0.2, -0.15) is 0 Å². The van der Waals surface area contributed by atoms with Crippen LogP contribution in [0, 0.1) is 6.92 Å². The molecule has 2 aromatic rings. The highest BCUT2D eigenvalue weighted by Gasteiger charge is 2.39. The Morgan fingerprint density at radius 3 is 1.96 bits per heavy atom. The fraction of sp³-hybridized carbons (Fsp3) is 0.318. The molecule has 0 unspecified atom stereocenters. The van der Waals surface area contributed by atoms with Crippen molar-refractivity contribution in [2.75, 3.05) is 0 Å². The molecule has 0 radical (unpaired) electrons. The smallest absolute Gasteiger partial charge is 0.369 e. The van der Waals surface area contributed by atoms with E-state index in [-0.39, 0.29) is 5.31 Å². The number of carbonyl (C=O) groups excluding carboxylic acids is 1. The number of rotatable bonds is 8. The molecule has 0 spiro atoms. The zero-order chi connectivity index (χ0) is 20.7. The van der Waals surface area contributed by atoms with Crippen LogP contribution in [0.2, 0.25) is 0 Å². The molecule has 28 heavy (non-hydrogen) atoms. The lowest BCUT2D eigenvalue weighted by Crippen LogP contribution is -2.17. The van der Waals surface area contributed by atoms with Crippen LogP contribution < -0.4 is 4.74 Å². The van der Waals surface area contributed by atoms with Crippen LogP contribution in [-0.4, -0.2) is 18.2 Å². The summed E-state index contributed by atoms with van der Waals surface area (Å²) < 4.78 is 30.4. The highest BCUT2D eigenvalue weighted by atomic mass is 31.2. The molecular weight excluding hydrogens is 375 g/mol. The molecule has 0 fully saturated rings. The number of carbonyl (C=O) groups is 1. The molecule has 2 aromatic carbocycles. The Morgan fingerprint density at radius 2 is 1.43 bits per heavy atom. The van der Waals surface area contributed by atoms with Crippen LogP contribution >= 0.6 is 7.60 Å². The topological polar surface area (TPSA) is 61.8 Å². The number of esters is 1. The Balaban J connectivity index is 2.54. The van der Waals surface area contributed by atoms with Gasteiger partial charge >= 0.3 is 13.6 Å². The van der Waals surface area contributed by atoms with E-state index in [0.717, 1.165) is 11.1 Å². The van der Waals surface area contributed by atoms with E-state index in [4.69, 9.17) is 13.8 Å². The summed E-state index contributed by atoms with van der Waals surface area (Å²) in [5.41, 5.74) is 1.66. The van der Waals surface area contributed by atoms with E-state index in [0.29, 0.717) is 5.75 Å². The molecule has 0 aliphatic heterocycles. The van der Waals surface area contributed by atoms with E-state index in [1.54, 1.807) is 52.0 Å². The number of hydrogen-bond donors (Lipinski definition) is 0. The Kier molecular flexibility index (Phi) is 7.76. The number of hydrogen-bond acceptors (Lipinski definition) is 5. The quantitative estimate of drug-likeness (QED) is 0.235. The van der Waals surface area contributed by atoms with Gasteiger partial charge in [0.15, 0.2) is 0 Å². The number of aryl methyl sites for hydroxylation is 1. The van der Waals surface area contributed by atoms with Gasteiger partial charge in [0.05, 0.1) is 12.2 Å².